The van der Waals surface area contributed by atoms with Gasteiger partial charge < -0.3 is 4.74 Å². The second kappa shape index (κ2) is 5.53. The van der Waals surface area contributed by atoms with Gasteiger partial charge in [0.25, 0.3) is 0 Å². The lowest BCUT2D eigenvalue weighted by molar-refractivity contribution is -0.138. The van der Waals surface area contributed by atoms with Crippen LogP contribution < -0.4 is 0 Å². The molecule has 0 aromatic heterocycles. The first kappa shape index (κ1) is 13.7. The number of hydrogen-bond acceptors (Lipinski definition) is 3. The van der Waals surface area contributed by atoms with Crippen LogP contribution in [0.1, 0.15) is 20.3 Å². The van der Waals surface area contributed by atoms with Crippen LogP contribution in [0.3, 0.4) is 0 Å². The van der Waals surface area contributed by atoms with E-state index in [9.17, 15) is 22.8 Å². The standard InChI is InChI=1S/C9H11F3O3/c1-3-15-8(14)5-7(4-6(2)13)9(10,11)12/h5H,3-4H2,1-2H3/b7-5-. The molecule has 0 aliphatic heterocycles. The van der Waals surface area contributed by atoms with Crippen molar-refractivity contribution in [3.63, 3.8) is 0 Å². The molecule has 0 saturated carbocycles. The number of alkyl halides is 3. The molecule has 0 heterocycles. The van der Waals surface area contributed by atoms with Crippen molar-refractivity contribution in [2.75, 3.05) is 6.61 Å². The van der Waals surface area contributed by atoms with E-state index < -0.39 is 29.9 Å². The Morgan fingerprint density at radius 3 is 2.20 bits per heavy atom. The fraction of sp³-hybridized carbons (Fsp3) is 0.556. The molecule has 0 aromatic rings. The zero-order valence-electron chi connectivity index (χ0n) is 8.35. The number of Topliss-reactive ketones (excluding diaryl/α,β-unsaturated/α-hetero) is 1. The van der Waals surface area contributed by atoms with Crippen LogP contribution in [-0.2, 0) is 14.3 Å². The Labute approximate surface area is 84.9 Å². The van der Waals surface area contributed by atoms with Crippen molar-refractivity contribution >= 4 is 11.8 Å². The molecule has 0 bridgehead atoms. The second-order valence-corrected chi connectivity index (χ2v) is 2.80. The number of rotatable bonds is 4. The third-order valence-corrected chi connectivity index (χ3v) is 1.38. The van der Waals surface area contributed by atoms with Crippen molar-refractivity contribution in [2.24, 2.45) is 0 Å². The Bertz CT molecular complexity index is 279. The summed E-state index contributed by atoms with van der Waals surface area (Å²) in [4.78, 5) is 21.3. The van der Waals surface area contributed by atoms with Crippen LogP contribution in [0.4, 0.5) is 13.2 Å². The van der Waals surface area contributed by atoms with Gasteiger partial charge in [0.1, 0.15) is 5.78 Å². The summed E-state index contributed by atoms with van der Waals surface area (Å²) in [6, 6.07) is 0. The highest BCUT2D eigenvalue weighted by Crippen LogP contribution is 2.28. The largest absolute Gasteiger partial charge is 0.463 e. The van der Waals surface area contributed by atoms with Gasteiger partial charge in [0.15, 0.2) is 0 Å². The number of carbonyl (C=O) groups excluding carboxylic acids is 2. The van der Waals surface area contributed by atoms with Crippen molar-refractivity contribution in [2.45, 2.75) is 26.4 Å². The van der Waals surface area contributed by atoms with Crippen LogP contribution in [0, 0.1) is 0 Å². The van der Waals surface area contributed by atoms with Gasteiger partial charge in [-0.25, -0.2) is 4.79 Å². The Balaban J connectivity index is 4.77. The summed E-state index contributed by atoms with van der Waals surface area (Å²) in [5.74, 6) is -1.76. The summed E-state index contributed by atoms with van der Waals surface area (Å²) >= 11 is 0. The summed E-state index contributed by atoms with van der Waals surface area (Å²) in [6.07, 6.45) is -5.19. The molecule has 0 N–H and O–H groups in total. The predicted octanol–water partition coefficient (Wildman–Crippen LogP) is 2.02. The van der Waals surface area contributed by atoms with Gasteiger partial charge in [0.2, 0.25) is 0 Å². The summed E-state index contributed by atoms with van der Waals surface area (Å²) in [6.45, 7) is 2.48. The molecule has 0 radical (unpaired) electrons. The van der Waals surface area contributed by atoms with Crippen LogP contribution in [-0.4, -0.2) is 24.5 Å². The molecular formula is C9H11F3O3. The van der Waals surface area contributed by atoms with Gasteiger partial charge in [0, 0.05) is 18.1 Å². The molecule has 0 saturated heterocycles. The fourth-order valence-electron chi connectivity index (χ4n) is 0.827. The van der Waals surface area contributed by atoms with Crippen LogP contribution in [0.25, 0.3) is 0 Å². The van der Waals surface area contributed by atoms with Crippen molar-refractivity contribution in [1.82, 2.24) is 0 Å². The van der Waals surface area contributed by atoms with Crippen molar-refractivity contribution in [1.29, 1.82) is 0 Å². The fourth-order valence-corrected chi connectivity index (χ4v) is 0.827. The molecular weight excluding hydrogens is 213 g/mol. The molecule has 0 spiro atoms. The van der Waals surface area contributed by atoms with E-state index in [2.05, 4.69) is 4.74 Å². The zero-order valence-corrected chi connectivity index (χ0v) is 8.35. The van der Waals surface area contributed by atoms with E-state index in [0.29, 0.717) is 6.08 Å². The second-order valence-electron chi connectivity index (χ2n) is 2.80. The number of halogens is 3. The number of allylic oxidation sites excluding steroid dienone is 1. The first-order valence-corrected chi connectivity index (χ1v) is 4.21. The minimum Gasteiger partial charge on any atom is -0.463 e. The van der Waals surface area contributed by atoms with E-state index in [4.69, 9.17) is 0 Å². The number of esters is 1. The van der Waals surface area contributed by atoms with Crippen LogP contribution in [0.15, 0.2) is 11.6 Å². The quantitative estimate of drug-likeness (QED) is 0.542. The van der Waals surface area contributed by atoms with Crippen molar-refractivity contribution in [3.05, 3.63) is 11.6 Å². The molecule has 6 heteroatoms. The van der Waals surface area contributed by atoms with Gasteiger partial charge in [-0.2, -0.15) is 13.2 Å². The Morgan fingerprint density at radius 1 is 1.33 bits per heavy atom. The normalized spacial score (nSPS) is 12.5. The average molecular weight is 224 g/mol. The topological polar surface area (TPSA) is 43.4 Å². The van der Waals surface area contributed by atoms with E-state index in [-0.39, 0.29) is 6.61 Å². The predicted molar refractivity (Wildman–Crippen MR) is 46.1 cm³/mol. The maximum atomic E-state index is 12.3. The number of hydrogen-bond donors (Lipinski definition) is 0. The Kier molecular flexibility index (Phi) is 5.04. The highest BCUT2D eigenvalue weighted by Gasteiger charge is 2.34. The van der Waals surface area contributed by atoms with Crippen LogP contribution in [0.2, 0.25) is 0 Å². The average Bonchev–Trinajstić information content (AvgIpc) is 2.00. The maximum Gasteiger partial charge on any atom is 0.413 e. The summed E-state index contributed by atoms with van der Waals surface area (Å²) in [5, 5.41) is 0. The molecule has 0 amide bonds. The summed E-state index contributed by atoms with van der Waals surface area (Å²) in [7, 11) is 0. The van der Waals surface area contributed by atoms with Crippen molar-refractivity contribution < 1.29 is 27.5 Å². The highest BCUT2D eigenvalue weighted by molar-refractivity contribution is 5.86. The Hall–Kier alpha value is -1.33. The molecule has 0 aromatic carbocycles. The third kappa shape index (κ3) is 5.87. The molecule has 3 nitrogen and oxygen atoms in total. The van der Waals surface area contributed by atoms with Gasteiger partial charge in [-0.05, 0) is 13.8 Å². The molecule has 0 fully saturated rings. The minimum absolute atomic E-state index is 0.0134. The van der Waals surface area contributed by atoms with Gasteiger partial charge in [0.05, 0.1) is 6.61 Å². The Morgan fingerprint density at radius 2 is 1.87 bits per heavy atom. The van der Waals surface area contributed by atoms with Crippen LogP contribution >= 0.6 is 0 Å². The molecule has 0 atom stereocenters. The lowest BCUT2D eigenvalue weighted by Crippen LogP contribution is -2.16. The van der Waals surface area contributed by atoms with E-state index in [1.54, 1.807) is 0 Å². The lowest BCUT2D eigenvalue weighted by Gasteiger charge is -2.09. The number of carbonyl (C=O) groups is 2. The van der Waals surface area contributed by atoms with E-state index in [1.165, 1.54) is 6.92 Å². The maximum absolute atomic E-state index is 12.3. The van der Waals surface area contributed by atoms with E-state index in [0.717, 1.165) is 6.92 Å². The molecule has 0 aliphatic rings. The number of ether oxygens (including phenoxy) is 1. The first-order valence-electron chi connectivity index (χ1n) is 4.21. The molecule has 0 rings (SSSR count). The third-order valence-electron chi connectivity index (χ3n) is 1.38. The zero-order chi connectivity index (χ0) is 12.1. The molecule has 0 aliphatic carbocycles. The van der Waals surface area contributed by atoms with Gasteiger partial charge in [-0.3, -0.25) is 4.79 Å². The minimum atomic E-state index is -4.68. The molecule has 0 unspecified atom stereocenters. The van der Waals surface area contributed by atoms with Crippen LogP contribution in [0.5, 0.6) is 0 Å². The highest BCUT2D eigenvalue weighted by atomic mass is 19.4. The monoisotopic (exact) mass is 224 g/mol. The summed E-state index contributed by atoms with van der Waals surface area (Å²) < 4.78 is 41.1. The van der Waals surface area contributed by atoms with E-state index in [1.807, 2.05) is 0 Å². The van der Waals surface area contributed by atoms with Crippen molar-refractivity contribution in [3.8, 4) is 0 Å². The summed E-state index contributed by atoms with van der Waals surface area (Å²) in [5.41, 5.74) is -1.19. The van der Waals surface area contributed by atoms with Gasteiger partial charge in [-0.1, -0.05) is 0 Å². The molecule has 86 valence electrons. The smallest absolute Gasteiger partial charge is 0.413 e. The van der Waals surface area contributed by atoms with Gasteiger partial charge >= 0.3 is 12.1 Å². The lowest BCUT2D eigenvalue weighted by atomic mass is 10.1. The molecule has 15 heavy (non-hydrogen) atoms. The first-order chi connectivity index (χ1) is 6.77. The number of ketones is 1. The van der Waals surface area contributed by atoms with Gasteiger partial charge in [-0.15, -0.1) is 0 Å². The van der Waals surface area contributed by atoms with E-state index >= 15 is 0 Å². The SMILES string of the molecule is CCOC(=O)/C=C(/CC(C)=O)C(F)(F)F.